The molecule has 1 aliphatic rings. The first-order chi connectivity index (χ1) is 9.36. The van der Waals surface area contributed by atoms with Gasteiger partial charge >= 0.3 is 23.6 Å². The van der Waals surface area contributed by atoms with Crippen LogP contribution in [-0.4, -0.2) is 35.5 Å². The summed E-state index contributed by atoms with van der Waals surface area (Å²) in [5.41, 5.74) is 0. The largest absolute Gasteiger partial charge is 0.384 e. The predicted octanol–water partition coefficient (Wildman–Crippen LogP) is 4.34. The Kier molecular flexibility index (Phi) is 4.60. The maximum Gasteiger partial charge on any atom is 0.384 e. The Morgan fingerprint density at radius 2 is 1.57 bits per heavy atom. The highest BCUT2D eigenvalue weighted by atomic mass is 19.4. The van der Waals surface area contributed by atoms with E-state index in [-0.39, 0.29) is 6.42 Å². The predicted molar refractivity (Wildman–Crippen MR) is 51.7 cm³/mol. The molecule has 0 aromatic rings. The molecular weight excluding hydrogens is 321 g/mol. The smallest absolute Gasteiger partial charge is 0.267 e. The van der Waals surface area contributed by atoms with Gasteiger partial charge in [0.1, 0.15) is 0 Å². The van der Waals surface area contributed by atoms with Crippen molar-refractivity contribution < 1.29 is 44.4 Å². The first-order valence-electron chi connectivity index (χ1n) is 5.66. The van der Waals surface area contributed by atoms with Crippen LogP contribution in [-0.2, 0) is 4.84 Å². The third kappa shape index (κ3) is 2.39. The lowest BCUT2D eigenvalue weighted by atomic mass is 9.88. The minimum Gasteiger partial charge on any atom is -0.267 e. The lowest BCUT2D eigenvalue weighted by molar-refractivity contribution is -0.440. The molecule has 0 fully saturated rings. The van der Waals surface area contributed by atoms with Crippen molar-refractivity contribution in [1.82, 2.24) is 5.29 Å². The summed E-state index contributed by atoms with van der Waals surface area (Å²) in [5.74, 6) is -27.2. The van der Waals surface area contributed by atoms with Gasteiger partial charge in [-0.2, -0.15) is 26.3 Å². The molecule has 0 radical (unpaired) electrons. The van der Waals surface area contributed by atoms with Crippen molar-refractivity contribution in [2.24, 2.45) is 0 Å². The number of hydrogen-bond acceptors (Lipinski definition) is 2. The fraction of sp³-hybridized carbons (Fsp3) is 0.800. The van der Waals surface area contributed by atoms with Crippen LogP contribution >= 0.6 is 0 Å². The van der Waals surface area contributed by atoms with Crippen molar-refractivity contribution in [1.29, 1.82) is 0 Å². The summed E-state index contributed by atoms with van der Waals surface area (Å²) < 4.78 is 118. The molecule has 1 aliphatic carbocycles. The molecule has 0 aromatic heterocycles. The second-order valence-electron chi connectivity index (χ2n) is 4.32. The molecule has 124 valence electrons. The first-order valence-corrected chi connectivity index (χ1v) is 5.66. The zero-order valence-electron chi connectivity index (χ0n) is 10.5. The SMILES string of the molecule is CCCCON(F)C1(F)C=C(F)C(F)(F)C(F)(F)C1(F)F. The number of hydrogen-bond donors (Lipinski definition) is 0. The highest BCUT2D eigenvalue weighted by Crippen LogP contribution is 2.59. The molecular formula is C10H10F9NO. The molecule has 2 nitrogen and oxygen atoms in total. The average Bonchev–Trinajstić information content (AvgIpc) is 2.36. The number of nitrogens with zero attached hydrogens (tertiary/aromatic N) is 1. The first kappa shape index (κ1) is 18.1. The number of unbranched alkanes of at least 4 members (excludes halogenated alkanes) is 1. The zero-order valence-corrected chi connectivity index (χ0v) is 10.5. The Balaban J connectivity index is 3.25. The van der Waals surface area contributed by atoms with Crippen LogP contribution < -0.4 is 0 Å². The van der Waals surface area contributed by atoms with Gasteiger partial charge in [0.15, 0.2) is 5.83 Å². The van der Waals surface area contributed by atoms with E-state index >= 15 is 0 Å². The van der Waals surface area contributed by atoms with Crippen LogP contribution in [0.1, 0.15) is 19.8 Å². The van der Waals surface area contributed by atoms with E-state index in [4.69, 9.17) is 0 Å². The Morgan fingerprint density at radius 3 is 2.05 bits per heavy atom. The summed E-state index contributed by atoms with van der Waals surface area (Å²) in [6, 6.07) is 0. The maximum absolute atomic E-state index is 13.8. The van der Waals surface area contributed by atoms with Crippen LogP contribution in [0.5, 0.6) is 0 Å². The van der Waals surface area contributed by atoms with Crippen molar-refractivity contribution in [2.75, 3.05) is 6.61 Å². The van der Waals surface area contributed by atoms with Gasteiger partial charge in [-0.15, -0.1) is 4.48 Å². The van der Waals surface area contributed by atoms with Crippen molar-refractivity contribution in [2.45, 2.75) is 43.3 Å². The number of alkyl halides is 7. The van der Waals surface area contributed by atoms with Gasteiger partial charge < -0.3 is 0 Å². The van der Waals surface area contributed by atoms with Crippen molar-refractivity contribution in [3.8, 4) is 0 Å². The lowest BCUT2D eigenvalue weighted by Crippen LogP contribution is -2.70. The Bertz CT molecular complexity index is 425. The van der Waals surface area contributed by atoms with Gasteiger partial charge in [0.05, 0.1) is 6.61 Å². The molecule has 1 unspecified atom stereocenters. The van der Waals surface area contributed by atoms with Gasteiger partial charge in [0.25, 0.3) is 0 Å². The third-order valence-electron chi connectivity index (χ3n) is 2.81. The van der Waals surface area contributed by atoms with E-state index in [1.54, 1.807) is 6.92 Å². The van der Waals surface area contributed by atoms with Gasteiger partial charge in [-0.1, -0.05) is 13.3 Å². The van der Waals surface area contributed by atoms with Gasteiger partial charge in [0.2, 0.25) is 0 Å². The molecule has 0 N–H and O–H groups in total. The van der Waals surface area contributed by atoms with E-state index in [0.29, 0.717) is 6.42 Å². The highest BCUT2D eigenvalue weighted by molar-refractivity contribution is 5.28. The summed E-state index contributed by atoms with van der Waals surface area (Å²) >= 11 is 0. The molecule has 0 saturated heterocycles. The maximum atomic E-state index is 13.8. The van der Waals surface area contributed by atoms with E-state index in [0.717, 1.165) is 0 Å². The minimum atomic E-state index is -6.49. The summed E-state index contributed by atoms with van der Waals surface area (Å²) in [5, 5.41) is -1.87. The molecule has 1 rings (SSSR count). The second-order valence-corrected chi connectivity index (χ2v) is 4.32. The number of halogens is 9. The Morgan fingerprint density at radius 1 is 1.05 bits per heavy atom. The summed E-state index contributed by atoms with van der Waals surface area (Å²) in [7, 11) is 0. The third-order valence-corrected chi connectivity index (χ3v) is 2.81. The van der Waals surface area contributed by atoms with Crippen LogP contribution in [0, 0.1) is 0 Å². The van der Waals surface area contributed by atoms with Crippen molar-refractivity contribution in [3.05, 3.63) is 11.9 Å². The van der Waals surface area contributed by atoms with Crippen LogP contribution in [0.2, 0.25) is 0 Å². The monoisotopic (exact) mass is 331 g/mol. The molecule has 0 saturated carbocycles. The Hall–Kier alpha value is -0.970. The standard InChI is InChI=1S/C10H10F9NO/c1-2-3-4-21-20(19)7(12)5-6(11)8(13,14)10(17,18)9(7,15)16/h5H,2-4H2,1H3. The van der Waals surface area contributed by atoms with Crippen molar-refractivity contribution in [3.63, 3.8) is 0 Å². The van der Waals surface area contributed by atoms with Crippen LogP contribution in [0.3, 0.4) is 0 Å². The molecule has 0 spiro atoms. The van der Waals surface area contributed by atoms with Crippen LogP contribution in [0.15, 0.2) is 11.9 Å². The molecule has 0 amide bonds. The van der Waals surface area contributed by atoms with Crippen LogP contribution in [0.25, 0.3) is 0 Å². The average molecular weight is 331 g/mol. The van der Waals surface area contributed by atoms with Crippen LogP contribution in [0.4, 0.5) is 39.6 Å². The fourth-order valence-corrected chi connectivity index (χ4v) is 1.46. The second kappa shape index (κ2) is 5.34. The van der Waals surface area contributed by atoms with Gasteiger partial charge in [0, 0.05) is 11.4 Å². The minimum absolute atomic E-state index is 0.0286. The molecule has 1 atom stereocenters. The zero-order chi connectivity index (χ0) is 16.7. The normalized spacial score (nSPS) is 30.3. The lowest BCUT2D eigenvalue weighted by Gasteiger charge is -2.43. The number of rotatable bonds is 5. The van der Waals surface area contributed by atoms with Gasteiger partial charge in [-0.3, -0.25) is 4.84 Å². The van der Waals surface area contributed by atoms with Gasteiger partial charge in [-0.25, -0.2) is 8.78 Å². The molecule has 11 heteroatoms. The summed E-state index contributed by atoms with van der Waals surface area (Å²) in [4.78, 5) is 3.79. The Labute approximate surface area is 113 Å². The van der Waals surface area contributed by atoms with Gasteiger partial charge in [-0.05, 0) is 6.42 Å². The summed E-state index contributed by atoms with van der Waals surface area (Å²) in [6.45, 7) is 0.854. The molecule has 0 bridgehead atoms. The number of hydroxylamine groups is 1. The van der Waals surface area contributed by atoms with E-state index in [2.05, 4.69) is 4.84 Å². The van der Waals surface area contributed by atoms with E-state index in [1.807, 2.05) is 0 Å². The molecule has 0 heterocycles. The fourth-order valence-electron chi connectivity index (χ4n) is 1.46. The molecule has 0 aromatic carbocycles. The summed E-state index contributed by atoms with van der Waals surface area (Å²) in [6.07, 6.45) is -0.876. The van der Waals surface area contributed by atoms with Crippen molar-refractivity contribution >= 4 is 0 Å². The van der Waals surface area contributed by atoms with E-state index < -0.39 is 47.4 Å². The molecule has 0 aliphatic heterocycles. The highest BCUT2D eigenvalue weighted by Gasteiger charge is 2.85. The number of allylic oxidation sites excluding steroid dienone is 1. The quantitative estimate of drug-likeness (QED) is 0.244. The molecule has 21 heavy (non-hydrogen) atoms. The van der Waals surface area contributed by atoms with E-state index in [1.165, 1.54) is 0 Å². The van der Waals surface area contributed by atoms with E-state index in [9.17, 15) is 39.6 Å². The topological polar surface area (TPSA) is 12.5 Å².